The summed E-state index contributed by atoms with van der Waals surface area (Å²) in [7, 11) is -0.397. The number of hydrogen-bond acceptors (Lipinski definition) is 7. The van der Waals surface area contributed by atoms with Gasteiger partial charge in [0.25, 0.3) is 0 Å². The lowest BCUT2D eigenvalue weighted by atomic mass is 9.78. The van der Waals surface area contributed by atoms with Gasteiger partial charge in [0.15, 0.2) is 14.1 Å². The lowest BCUT2D eigenvalue weighted by Crippen LogP contribution is -2.50. The number of methoxy groups -OCH3 is 1. The van der Waals surface area contributed by atoms with Gasteiger partial charge in [-0.1, -0.05) is 26.3 Å². The number of hydrogen-bond donors (Lipinski definition) is 0. The molecule has 8 heteroatoms. The van der Waals surface area contributed by atoms with E-state index in [-0.39, 0.29) is 42.0 Å². The average Bonchev–Trinajstić information content (AvgIpc) is 2.93. The molecule has 1 saturated heterocycles. The largest absolute Gasteiger partial charge is 0.463 e. The van der Waals surface area contributed by atoms with Crippen molar-refractivity contribution in [1.29, 1.82) is 0 Å². The van der Waals surface area contributed by atoms with Crippen LogP contribution in [0.25, 0.3) is 0 Å². The van der Waals surface area contributed by atoms with Crippen molar-refractivity contribution in [1.82, 2.24) is 0 Å². The molecular formula is C22H40O7Si. The van der Waals surface area contributed by atoms with Crippen molar-refractivity contribution in [3.05, 3.63) is 11.6 Å². The summed E-state index contributed by atoms with van der Waals surface area (Å²) in [6.07, 6.45) is 1.30. The van der Waals surface area contributed by atoms with E-state index in [1.165, 1.54) is 0 Å². The number of esters is 1. The summed E-state index contributed by atoms with van der Waals surface area (Å²) < 4.78 is 35.2. The smallest absolute Gasteiger partial charge is 0.330 e. The second-order valence-corrected chi connectivity index (χ2v) is 14.8. The third kappa shape index (κ3) is 6.14. The molecule has 4 unspecified atom stereocenters. The van der Waals surface area contributed by atoms with E-state index in [2.05, 4.69) is 33.9 Å². The van der Waals surface area contributed by atoms with E-state index in [0.29, 0.717) is 19.6 Å². The van der Waals surface area contributed by atoms with Crippen LogP contribution in [0, 0.1) is 5.92 Å². The number of ether oxygens (including phenoxy) is 5. The van der Waals surface area contributed by atoms with Gasteiger partial charge in [-0.25, -0.2) is 4.79 Å². The normalized spacial score (nSPS) is 30.4. The second-order valence-electron chi connectivity index (χ2n) is 10.0. The van der Waals surface area contributed by atoms with Crippen LogP contribution in [0.15, 0.2) is 11.6 Å². The Kier molecular flexibility index (Phi) is 8.32. The van der Waals surface area contributed by atoms with Gasteiger partial charge in [-0.15, -0.1) is 0 Å². The molecule has 0 aromatic heterocycles. The van der Waals surface area contributed by atoms with Gasteiger partial charge in [0.1, 0.15) is 12.9 Å². The van der Waals surface area contributed by atoms with Gasteiger partial charge in [-0.3, -0.25) is 0 Å². The molecule has 1 saturated carbocycles. The van der Waals surface area contributed by atoms with Crippen LogP contribution in [-0.4, -0.2) is 65.5 Å². The lowest BCUT2D eigenvalue weighted by molar-refractivity contribution is -0.168. The predicted molar refractivity (Wildman–Crippen MR) is 117 cm³/mol. The molecule has 4 atom stereocenters. The van der Waals surface area contributed by atoms with Crippen LogP contribution in [-0.2, 0) is 32.9 Å². The Balaban J connectivity index is 2.34. The van der Waals surface area contributed by atoms with E-state index in [9.17, 15) is 4.79 Å². The fourth-order valence-electron chi connectivity index (χ4n) is 3.65. The molecule has 1 aliphatic heterocycles. The van der Waals surface area contributed by atoms with E-state index >= 15 is 0 Å². The fourth-order valence-corrected chi connectivity index (χ4v) is 4.68. The van der Waals surface area contributed by atoms with Crippen molar-refractivity contribution in [2.75, 3.05) is 27.1 Å². The monoisotopic (exact) mass is 444 g/mol. The molecule has 30 heavy (non-hydrogen) atoms. The fraction of sp³-hybridized carbons (Fsp3) is 0.864. The van der Waals surface area contributed by atoms with E-state index < -0.39 is 14.1 Å². The highest BCUT2D eigenvalue weighted by molar-refractivity contribution is 6.74. The maximum absolute atomic E-state index is 12.3. The quantitative estimate of drug-likeness (QED) is 0.242. The zero-order valence-electron chi connectivity index (χ0n) is 20.1. The molecule has 1 heterocycles. The number of carbonyl (C=O) groups is 1. The van der Waals surface area contributed by atoms with Gasteiger partial charge in [0, 0.05) is 25.7 Å². The summed E-state index contributed by atoms with van der Waals surface area (Å²) in [5.74, 6) is -1.21. The van der Waals surface area contributed by atoms with Gasteiger partial charge >= 0.3 is 5.97 Å². The Morgan fingerprint density at radius 3 is 2.43 bits per heavy atom. The Morgan fingerprint density at radius 1 is 1.23 bits per heavy atom. The van der Waals surface area contributed by atoms with Crippen LogP contribution in [0.2, 0.25) is 18.1 Å². The molecule has 0 aromatic rings. The van der Waals surface area contributed by atoms with Crippen molar-refractivity contribution < 1.29 is 32.9 Å². The van der Waals surface area contributed by atoms with Crippen LogP contribution in [0.3, 0.4) is 0 Å². The van der Waals surface area contributed by atoms with Crippen molar-refractivity contribution in [3.8, 4) is 0 Å². The van der Waals surface area contributed by atoms with Crippen molar-refractivity contribution in [2.24, 2.45) is 5.92 Å². The standard InChI is InChI=1S/C22H40O7Si/c1-10-25-18(23)12-15-11-17(26-14-24-7)20-19(28-22(5,6)29-20)16(15)13-27-30(8,9)21(2,3)4/h12,16-17,19-20H,10-11,13-14H2,1-9H3/b15-12-. The molecule has 0 radical (unpaired) electrons. The summed E-state index contributed by atoms with van der Waals surface area (Å²) in [6, 6.07) is 0. The van der Waals surface area contributed by atoms with E-state index in [1.54, 1.807) is 20.1 Å². The third-order valence-corrected chi connectivity index (χ3v) is 10.8. The molecule has 1 aliphatic carbocycles. The molecule has 0 spiro atoms. The lowest BCUT2D eigenvalue weighted by Gasteiger charge is -2.42. The maximum Gasteiger partial charge on any atom is 0.330 e. The molecule has 2 fully saturated rings. The van der Waals surface area contributed by atoms with Crippen molar-refractivity contribution in [3.63, 3.8) is 0 Å². The number of fused-ring (bicyclic) bond motifs is 1. The average molecular weight is 445 g/mol. The first-order chi connectivity index (χ1) is 13.8. The Hall–Kier alpha value is -0.773. The van der Waals surface area contributed by atoms with E-state index in [0.717, 1.165) is 5.57 Å². The van der Waals surface area contributed by atoms with Crippen molar-refractivity contribution in [2.45, 2.75) is 90.2 Å². The number of rotatable bonds is 8. The van der Waals surface area contributed by atoms with Crippen molar-refractivity contribution >= 4 is 14.3 Å². The minimum Gasteiger partial charge on any atom is -0.463 e. The SMILES string of the molecule is CCOC(=O)/C=C1/CC(OCOC)C2OC(C)(C)OC2C1CO[Si](C)(C)C(C)(C)C. The Bertz CT molecular complexity index is 623. The minimum absolute atomic E-state index is 0.0858. The van der Waals surface area contributed by atoms with Gasteiger partial charge in [-0.2, -0.15) is 0 Å². The van der Waals surface area contributed by atoms with Crippen LogP contribution in [0.1, 0.15) is 48.0 Å². The van der Waals surface area contributed by atoms with Crippen LogP contribution in [0.5, 0.6) is 0 Å². The Labute approximate surface area is 182 Å². The van der Waals surface area contributed by atoms with Gasteiger partial charge in [0.05, 0.1) is 18.8 Å². The molecule has 2 aliphatic rings. The number of carbonyl (C=O) groups excluding carboxylic acids is 1. The molecule has 174 valence electrons. The minimum atomic E-state index is -1.98. The predicted octanol–water partition coefficient (Wildman–Crippen LogP) is 4.03. The topological polar surface area (TPSA) is 72.5 Å². The van der Waals surface area contributed by atoms with E-state index in [1.807, 2.05) is 13.8 Å². The highest BCUT2D eigenvalue weighted by Gasteiger charge is 2.53. The summed E-state index contributed by atoms with van der Waals surface area (Å²) in [5.41, 5.74) is 0.913. The molecule has 7 nitrogen and oxygen atoms in total. The Morgan fingerprint density at radius 2 is 1.87 bits per heavy atom. The zero-order valence-corrected chi connectivity index (χ0v) is 21.1. The third-order valence-electron chi connectivity index (χ3n) is 6.26. The second kappa shape index (κ2) is 9.79. The van der Waals surface area contributed by atoms with Gasteiger partial charge in [-0.05, 0) is 45.3 Å². The van der Waals surface area contributed by atoms with Crippen LogP contribution in [0.4, 0.5) is 0 Å². The summed E-state index contributed by atoms with van der Waals surface area (Å²) in [6.45, 7) is 17.6. The maximum atomic E-state index is 12.3. The van der Waals surface area contributed by atoms with Gasteiger partial charge in [0.2, 0.25) is 0 Å². The molecule has 0 amide bonds. The first-order valence-electron chi connectivity index (χ1n) is 10.8. The van der Waals surface area contributed by atoms with Crippen LogP contribution < -0.4 is 0 Å². The molecule has 2 rings (SSSR count). The summed E-state index contributed by atoms with van der Waals surface area (Å²) >= 11 is 0. The van der Waals surface area contributed by atoms with E-state index in [4.69, 9.17) is 28.1 Å². The molecule has 0 bridgehead atoms. The highest BCUT2D eigenvalue weighted by Crippen LogP contribution is 2.45. The molecular weight excluding hydrogens is 404 g/mol. The highest BCUT2D eigenvalue weighted by atomic mass is 28.4. The van der Waals surface area contributed by atoms with Gasteiger partial charge < -0.3 is 28.1 Å². The molecule has 0 N–H and O–H groups in total. The molecule has 0 aromatic carbocycles. The van der Waals surface area contributed by atoms with Crippen LogP contribution >= 0.6 is 0 Å². The zero-order chi connectivity index (χ0) is 22.7. The summed E-state index contributed by atoms with van der Waals surface area (Å²) in [4.78, 5) is 12.3. The summed E-state index contributed by atoms with van der Waals surface area (Å²) in [5, 5.41) is 0.0858. The first-order valence-corrected chi connectivity index (χ1v) is 13.7. The first kappa shape index (κ1) is 25.5.